The summed E-state index contributed by atoms with van der Waals surface area (Å²) >= 11 is 0. The standard InChI is InChI=1S/C12H22N2O2/c1-10(15)13(3)7-4-12-5-8-14(9-6-12)11(2)16/h12H,4-9H2,1-3H3. The molecule has 0 aromatic carbocycles. The molecule has 1 saturated heterocycles. The van der Waals surface area contributed by atoms with E-state index in [0.29, 0.717) is 5.92 Å². The van der Waals surface area contributed by atoms with Crippen molar-refractivity contribution in [3.63, 3.8) is 0 Å². The summed E-state index contributed by atoms with van der Waals surface area (Å²) in [5, 5.41) is 0. The van der Waals surface area contributed by atoms with E-state index in [-0.39, 0.29) is 11.8 Å². The highest BCUT2D eigenvalue weighted by molar-refractivity contribution is 5.73. The molecule has 0 aliphatic carbocycles. The van der Waals surface area contributed by atoms with Gasteiger partial charge in [-0.1, -0.05) is 0 Å². The molecule has 4 heteroatoms. The Bertz CT molecular complexity index is 258. The van der Waals surface area contributed by atoms with Gasteiger partial charge in [0, 0.05) is 40.5 Å². The van der Waals surface area contributed by atoms with Crippen molar-refractivity contribution < 1.29 is 9.59 Å². The van der Waals surface area contributed by atoms with Crippen LogP contribution in [0.4, 0.5) is 0 Å². The van der Waals surface area contributed by atoms with E-state index in [2.05, 4.69) is 0 Å². The highest BCUT2D eigenvalue weighted by atomic mass is 16.2. The quantitative estimate of drug-likeness (QED) is 0.723. The molecular weight excluding hydrogens is 204 g/mol. The van der Waals surface area contributed by atoms with Gasteiger partial charge in [0.25, 0.3) is 0 Å². The maximum absolute atomic E-state index is 11.1. The van der Waals surface area contributed by atoms with Crippen LogP contribution >= 0.6 is 0 Å². The van der Waals surface area contributed by atoms with Gasteiger partial charge in [0.15, 0.2) is 0 Å². The second kappa shape index (κ2) is 5.87. The fourth-order valence-corrected chi connectivity index (χ4v) is 2.07. The van der Waals surface area contributed by atoms with Gasteiger partial charge in [-0.05, 0) is 25.2 Å². The Morgan fingerprint density at radius 3 is 2.25 bits per heavy atom. The number of rotatable bonds is 3. The molecule has 16 heavy (non-hydrogen) atoms. The van der Waals surface area contributed by atoms with Gasteiger partial charge < -0.3 is 9.80 Å². The van der Waals surface area contributed by atoms with Crippen LogP contribution in [0, 0.1) is 5.92 Å². The maximum Gasteiger partial charge on any atom is 0.219 e. The summed E-state index contributed by atoms with van der Waals surface area (Å²) in [5.41, 5.74) is 0. The van der Waals surface area contributed by atoms with E-state index in [1.165, 1.54) is 0 Å². The monoisotopic (exact) mass is 226 g/mol. The van der Waals surface area contributed by atoms with Crippen LogP contribution in [-0.2, 0) is 9.59 Å². The molecule has 0 unspecified atom stereocenters. The topological polar surface area (TPSA) is 40.6 Å². The van der Waals surface area contributed by atoms with Crippen molar-refractivity contribution >= 4 is 11.8 Å². The van der Waals surface area contributed by atoms with Gasteiger partial charge in [0.2, 0.25) is 11.8 Å². The number of likely N-dealkylation sites (tertiary alicyclic amines) is 1. The summed E-state index contributed by atoms with van der Waals surface area (Å²) in [6.07, 6.45) is 3.21. The molecule has 0 radical (unpaired) electrons. The Morgan fingerprint density at radius 1 is 1.25 bits per heavy atom. The second-order valence-corrected chi connectivity index (χ2v) is 4.68. The molecule has 0 bridgehead atoms. The first-order valence-electron chi connectivity index (χ1n) is 5.98. The molecule has 2 amide bonds. The molecule has 1 heterocycles. The highest BCUT2D eigenvalue weighted by Gasteiger charge is 2.20. The summed E-state index contributed by atoms with van der Waals surface area (Å²) in [6.45, 7) is 5.82. The van der Waals surface area contributed by atoms with Crippen LogP contribution in [0.3, 0.4) is 0 Å². The van der Waals surface area contributed by atoms with Crippen LogP contribution in [-0.4, -0.2) is 48.3 Å². The number of hydrogen-bond donors (Lipinski definition) is 0. The normalized spacial score (nSPS) is 17.3. The number of carbonyl (C=O) groups excluding carboxylic acids is 2. The van der Waals surface area contributed by atoms with Crippen molar-refractivity contribution in [3.05, 3.63) is 0 Å². The zero-order valence-corrected chi connectivity index (χ0v) is 10.5. The molecule has 1 aliphatic rings. The molecule has 0 spiro atoms. The predicted molar refractivity (Wildman–Crippen MR) is 62.9 cm³/mol. The van der Waals surface area contributed by atoms with E-state index in [1.807, 2.05) is 11.9 Å². The Hall–Kier alpha value is -1.06. The van der Waals surface area contributed by atoms with Crippen LogP contribution in [0.15, 0.2) is 0 Å². The zero-order chi connectivity index (χ0) is 12.1. The van der Waals surface area contributed by atoms with Crippen LogP contribution in [0.2, 0.25) is 0 Å². The lowest BCUT2D eigenvalue weighted by atomic mass is 9.93. The smallest absolute Gasteiger partial charge is 0.219 e. The first-order chi connectivity index (χ1) is 7.50. The summed E-state index contributed by atoms with van der Waals surface area (Å²) in [4.78, 5) is 25.8. The third-order valence-electron chi connectivity index (χ3n) is 3.47. The van der Waals surface area contributed by atoms with Crippen LogP contribution in [0.1, 0.15) is 33.1 Å². The minimum absolute atomic E-state index is 0.126. The third kappa shape index (κ3) is 3.83. The Balaban J connectivity index is 2.22. The predicted octanol–water partition coefficient (Wildman–Crippen LogP) is 1.11. The van der Waals surface area contributed by atoms with Crippen molar-refractivity contribution in [1.29, 1.82) is 0 Å². The van der Waals surface area contributed by atoms with Gasteiger partial charge in [0.1, 0.15) is 0 Å². The Labute approximate surface area is 97.6 Å². The maximum atomic E-state index is 11.1. The number of piperidine rings is 1. The molecule has 1 fully saturated rings. The SMILES string of the molecule is CC(=O)N(C)CCC1CCN(C(C)=O)CC1. The molecular formula is C12H22N2O2. The van der Waals surface area contributed by atoms with Gasteiger partial charge in [-0.25, -0.2) is 0 Å². The van der Waals surface area contributed by atoms with Crippen LogP contribution in [0.25, 0.3) is 0 Å². The van der Waals surface area contributed by atoms with Gasteiger partial charge in [-0.2, -0.15) is 0 Å². The highest BCUT2D eigenvalue weighted by Crippen LogP contribution is 2.20. The molecule has 0 aromatic rings. The molecule has 4 nitrogen and oxygen atoms in total. The third-order valence-corrected chi connectivity index (χ3v) is 3.47. The summed E-state index contributed by atoms with van der Waals surface area (Å²) in [6, 6.07) is 0. The van der Waals surface area contributed by atoms with Crippen molar-refractivity contribution in [2.45, 2.75) is 33.1 Å². The van der Waals surface area contributed by atoms with Crippen molar-refractivity contribution in [1.82, 2.24) is 9.80 Å². The number of nitrogens with zero attached hydrogens (tertiary/aromatic N) is 2. The molecule has 0 atom stereocenters. The summed E-state index contributed by atoms with van der Waals surface area (Å²) < 4.78 is 0. The lowest BCUT2D eigenvalue weighted by molar-refractivity contribution is -0.130. The van der Waals surface area contributed by atoms with E-state index >= 15 is 0 Å². The van der Waals surface area contributed by atoms with Gasteiger partial charge in [-0.3, -0.25) is 9.59 Å². The lowest BCUT2D eigenvalue weighted by Gasteiger charge is -2.32. The van der Waals surface area contributed by atoms with E-state index in [1.54, 1.807) is 18.7 Å². The second-order valence-electron chi connectivity index (χ2n) is 4.68. The fraction of sp³-hybridized carbons (Fsp3) is 0.833. The molecule has 0 aromatic heterocycles. The molecule has 1 aliphatic heterocycles. The molecule has 1 rings (SSSR count). The van der Waals surface area contributed by atoms with E-state index in [9.17, 15) is 9.59 Å². The van der Waals surface area contributed by atoms with Crippen molar-refractivity contribution in [2.24, 2.45) is 5.92 Å². The Morgan fingerprint density at radius 2 is 1.81 bits per heavy atom. The van der Waals surface area contributed by atoms with Gasteiger partial charge >= 0.3 is 0 Å². The van der Waals surface area contributed by atoms with Crippen LogP contribution < -0.4 is 0 Å². The average Bonchev–Trinajstić information content (AvgIpc) is 2.26. The van der Waals surface area contributed by atoms with E-state index in [4.69, 9.17) is 0 Å². The van der Waals surface area contributed by atoms with Gasteiger partial charge in [0.05, 0.1) is 0 Å². The first kappa shape index (κ1) is 13.0. The van der Waals surface area contributed by atoms with E-state index in [0.717, 1.165) is 38.9 Å². The van der Waals surface area contributed by atoms with Crippen molar-refractivity contribution in [2.75, 3.05) is 26.7 Å². The minimum atomic E-state index is 0.126. The van der Waals surface area contributed by atoms with E-state index < -0.39 is 0 Å². The Kier molecular flexibility index (Phi) is 4.77. The minimum Gasteiger partial charge on any atom is -0.346 e. The summed E-state index contributed by atoms with van der Waals surface area (Å²) in [7, 11) is 1.84. The number of carbonyl (C=O) groups is 2. The zero-order valence-electron chi connectivity index (χ0n) is 10.5. The number of amides is 2. The summed E-state index contributed by atoms with van der Waals surface area (Å²) in [5.74, 6) is 0.970. The lowest BCUT2D eigenvalue weighted by Crippen LogP contribution is -2.38. The van der Waals surface area contributed by atoms with Gasteiger partial charge in [-0.15, -0.1) is 0 Å². The van der Waals surface area contributed by atoms with Crippen molar-refractivity contribution in [3.8, 4) is 0 Å². The number of hydrogen-bond acceptors (Lipinski definition) is 2. The van der Waals surface area contributed by atoms with Crippen LogP contribution in [0.5, 0.6) is 0 Å². The first-order valence-corrected chi connectivity index (χ1v) is 5.98. The largest absolute Gasteiger partial charge is 0.346 e. The average molecular weight is 226 g/mol. The fourth-order valence-electron chi connectivity index (χ4n) is 2.07. The molecule has 0 N–H and O–H groups in total. The molecule has 0 saturated carbocycles. The molecule has 92 valence electrons.